The van der Waals surface area contributed by atoms with Crippen LogP contribution in [0.5, 0.6) is 0 Å². The molecule has 142 valence electrons. The summed E-state index contributed by atoms with van der Waals surface area (Å²) in [6.07, 6.45) is 1.28. The molecule has 0 aliphatic rings. The lowest BCUT2D eigenvalue weighted by molar-refractivity contribution is 0.563. The van der Waals surface area contributed by atoms with Crippen molar-refractivity contribution in [3.8, 4) is 17.3 Å². The van der Waals surface area contributed by atoms with Crippen LogP contribution in [0.1, 0.15) is 5.01 Å². The molecule has 2 aromatic carbocycles. The van der Waals surface area contributed by atoms with Gasteiger partial charge < -0.3 is 9.73 Å². The van der Waals surface area contributed by atoms with E-state index in [9.17, 15) is 18.8 Å². The highest BCUT2D eigenvalue weighted by atomic mass is 32.1. The smallest absolute Gasteiger partial charge is 0.345 e. The van der Waals surface area contributed by atoms with Gasteiger partial charge in [-0.3, -0.25) is 0 Å². The second-order valence-corrected chi connectivity index (χ2v) is 6.82. The first-order valence-corrected chi connectivity index (χ1v) is 9.24. The van der Waals surface area contributed by atoms with Crippen molar-refractivity contribution in [2.45, 2.75) is 0 Å². The third-order valence-electron chi connectivity index (χ3n) is 4.08. The number of nitrogens with one attached hydrogen (secondary N) is 1. The number of hydrogen-bond acceptors (Lipinski definition) is 6. The number of anilines is 1. The van der Waals surface area contributed by atoms with Crippen molar-refractivity contribution in [1.82, 2.24) is 4.98 Å². The maximum atomic E-state index is 13.7. The van der Waals surface area contributed by atoms with Crippen LogP contribution in [0.2, 0.25) is 0 Å². The number of fused-ring (bicyclic) bond motifs is 1. The minimum atomic E-state index is -0.785. The second kappa shape index (κ2) is 7.66. The number of benzene rings is 2. The van der Waals surface area contributed by atoms with Crippen molar-refractivity contribution in [2.75, 3.05) is 5.32 Å². The van der Waals surface area contributed by atoms with Crippen molar-refractivity contribution >= 4 is 33.6 Å². The number of aromatic nitrogens is 1. The maximum absolute atomic E-state index is 13.7. The zero-order valence-electron chi connectivity index (χ0n) is 14.6. The average molecular weight is 407 g/mol. The molecule has 29 heavy (non-hydrogen) atoms. The topological polar surface area (TPSA) is 78.9 Å². The highest BCUT2D eigenvalue weighted by Gasteiger charge is 2.14. The predicted molar refractivity (Wildman–Crippen MR) is 107 cm³/mol. The van der Waals surface area contributed by atoms with Gasteiger partial charge in [-0.2, -0.15) is 5.26 Å². The molecule has 0 bridgehead atoms. The summed E-state index contributed by atoms with van der Waals surface area (Å²) in [7, 11) is 0. The highest BCUT2D eigenvalue weighted by molar-refractivity contribution is 7.11. The van der Waals surface area contributed by atoms with E-state index in [0.29, 0.717) is 16.3 Å². The molecule has 2 aromatic heterocycles. The molecule has 0 fully saturated rings. The summed E-state index contributed by atoms with van der Waals surface area (Å²) in [6.45, 7) is 0. The van der Waals surface area contributed by atoms with E-state index in [1.807, 2.05) is 18.2 Å². The molecule has 0 amide bonds. The number of nitriles is 1. The summed E-state index contributed by atoms with van der Waals surface area (Å²) in [5, 5.41) is 14.8. The molecule has 0 spiro atoms. The zero-order chi connectivity index (χ0) is 20.4. The molecule has 0 saturated carbocycles. The Balaban J connectivity index is 1.66. The Kier molecular flexibility index (Phi) is 4.89. The van der Waals surface area contributed by atoms with Gasteiger partial charge in [0.15, 0.2) is 0 Å². The van der Waals surface area contributed by atoms with E-state index in [1.165, 1.54) is 12.3 Å². The lowest BCUT2D eigenvalue weighted by Crippen LogP contribution is -2.03. The van der Waals surface area contributed by atoms with E-state index in [4.69, 9.17) is 4.42 Å². The Morgan fingerprint density at radius 3 is 2.83 bits per heavy atom. The molecule has 8 heteroatoms. The molecule has 0 aliphatic carbocycles. The van der Waals surface area contributed by atoms with Crippen LogP contribution in [0.25, 0.3) is 27.8 Å². The Bertz CT molecular complexity index is 1350. The van der Waals surface area contributed by atoms with Gasteiger partial charge in [0.25, 0.3) is 0 Å². The summed E-state index contributed by atoms with van der Waals surface area (Å²) in [5.74, 6) is -1.48. The third-order valence-corrected chi connectivity index (χ3v) is 4.95. The van der Waals surface area contributed by atoms with E-state index >= 15 is 0 Å². The molecule has 0 saturated heterocycles. The fourth-order valence-electron chi connectivity index (χ4n) is 2.66. The monoisotopic (exact) mass is 407 g/mol. The Hall–Kier alpha value is -3.83. The minimum absolute atomic E-state index is 0.0195. The maximum Gasteiger partial charge on any atom is 0.345 e. The standard InChI is InChI=1S/C21H11F2N3O2S/c22-14-5-6-17(16(23)8-14)25-10-13(9-24)20-26-18(11-29-20)15-7-12-3-1-2-4-19(12)28-21(15)27/h1-8,10-11,25H/b13-10+. The van der Waals surface area contributed by atoms with Gasteiger partial charge in [-0.15, -0.1) is 11.3 Å². The molecule has 0 unspecified atom stereocenters. The van der Waals surface area contributed by atoms with Crippen LogP contribution < -0.4 is 10.9 Å². The van der Waals surface area contributed by atoms with Crippen LogP contribution in [0.4, 0.5) is 14.5 Å². The zero-order valence-corrected chi connectivity index (χ0v) is 15.5. The number of halogens is 2. The Labute approximate surface area is 167 Å². The normalized spacial score (nSPS) is 11.4. The molecule has 0 radical (unpaired) electrons. The van der Waals surface area contributed by atoms with E-state index < -0.39 is 17.3 Å². The first-order chi connectivity index (χ1) is 14.0. The molecular formula is C21H11F2N3O2S. The van der Waals surface area contributed by atoms with E-state index in [0.717, 1.165) is 28.9 Å². The number of para-hydroxylation sites is 1. The molecule has 4 rings (SSSR count). The van der Waals surface area contributed by atoms with E-state index in [-0.39, 0.29) is 16.8 Å². The molecule has 2 heterocycles. The van der Waals surface area contributed by atoms with Gasteiger partial charge in [0.2, 0.25) is 0 Å². The van der Waals surface area contributed by atoms with Crippen LogP contribution in [-0.4, -0.2) is 4.98 Å². The van der Waals surface area contributed by atoms with Crippen molar-refractivity contribution in [3.63, 3.8) is 0 Å². The van der Waals surface area contributed by atoms with Crippen molar-refractivity contribution in [1.29, 1.82) is 5.26 Å². The quantitative estimate of drug-likeness (QED) is 0.373. The van der Waals surface area contributed by atoms with Crippen molar-refractivity contribution in [3.05, 3.63) is 87.2 Å². The Morgan fingerprint density at radius 2 is 2.03 bits per heavy atom. The van der Waals surface area contributed by atoms with Crippen LogP contribution in [0.3, 0.4) is 0 Å². The van der Waals surface area contributed by atoms with Crippen LogP contribution in [0.15, 0.2) is 69.3 Å². The number of thiazole rings is 1. The summed E-state index contributed by atoms with van der Waals surface area (Å²) in [4.78, 5) is 16.6. The minimum Gasteiger partial charge on any atom is -0.422 e. The average Bonchev–Trinajstić information content (AvgIpc) is 3.19. The number of hydrogen-bond donors (Lipinski definition) is 1. The van der Waals surface area contributed by atoms with E-state index in [2.05, 4.69) is 10.3 Å². The van der Waals surface area contributed by atoms with Crippen LogP contribution in [-0.2, 0) is 0 Å². The lowest BCUT2D eigenvalue weighted by Gasteiger charge is -2.03. The predicted octanol–water partition coefficient (Wildman–Crippen LogP) is 5.17. The van der Waals surface area contributed by atoms with Gasteiger partial charge in [-0.1, -0.05) is 18.2 Å². The van der Waals surface area contributed by atoms with Crippen molar-refractivity contribution in [2.24, 2.45) is 0 Å². The van der Waals surface area contributed by atoms with Crippen LogP contribution in [0, 0.1) is 23.0 Å². The molecule has 4 aromatic rings. The second-order valence-electron chi connectivity index (χ2n) is 5.96. The molecule has 1 N–H and O–H groups in total. The summed E-state index contributed by atoms with van der Waals surface area (Å²) in [5.41, 5.74) is 0.746. The number of nitrogens with zero attached hydrogens (tertiary/aromatic N) is 2. The Morgan fingerprint density at radius 1 is 1.21 bits per heavy atom. The summed E-state index contributed by atoms with van der Waals surface area (Å²) < 4.78 is 32.0. The van der Waals surface area contributed by atoms with Gasteiger partial charge in [0.05, 0.1) is 16.9 Å². The summed E-state index contributed by atoms with van der Waals surface area (Å²) in [6, 6.07) is 13.8. The summed E-state index contributed by atoms with van der Waals surface area (Å²) >= 11 is 1.16. The highest BCUT2D eigenvalue weighted by Crippen LogP contribution is 2.26. The molecule has 5 nitrogen and oxygen atoms in total. The van der Waals surface area contributed by atoms with Gasteiger partial charge in [-0.25, -0.2) is 18.6 Å². The largest absolute Gasteiger partial charge is 0.422 e. The third kappa shape index (κ3) is 3.77. The molecule has 0 atom stereocenters. The van der Waals surface area contributed by atoms with E-state index in [1.54, 1.807) is 23.6 Å². The van der Waals surface area contributed by atoms with Gasteiger partial charge in [0.1, 0.15) is 33.9 Å². The van der Waals surface area contributed by atoms with Crippen LogP contribution >= 0.6 is 11.3 Å². The van der Waals surface area contributed by atoms with Crippen molar-refractivity contribution < 1.29 is 13.2 Å². The molecule has 0 aliphatic heterocycles. The van der Waals surface area contributed by atoms with Gasteiger partial charge >= 0.3 is 5.63 Å². The first kappa shape index (κ1) is 18.5. The number of allylic oxidation sites excluding steroid dienone is 1. The number of rotatable bonds is 4. The molecular weight excluding hydrogens is 396 g/mol. The fourth-order valence-corrected chi connectivity index (χ4v) is 3.45. The van der Waals surface area contributed by atoms with Gasteiger partial charge in [0, 0.05) is 23.0 Å². The van der Waals surface area contributed by atoms with Gasteiger partial charge in [-0.05, 0) is 24.3 Å². The SMILES string of the molecule is N#C/C(=C\Nc1ccc(F)cc1F)c1nc(-c2cc3ccccc3oc2=O)cs1. The lowest BCUT2D eigenvalue weighted by atomic mass is 10.1. The fraction of sp³-hybridized carbons (Fsp3) is 0. The first-order valence-electron chi connectivity index (χ1n) is 8.36.